The second-order valence-corrected chi connectivity index (χ2v) is 4.17. The van der Waals surface area contributed by atoms with Crippen molar-refractivity contribution in [2.24, 2.45) is 0 Å². The largest absolute Gasteiger partial charge is 0.349 e. The lowest BCUT2D eigenvalue weighted by Crippen LogP contribution is -2.42. The molecule has 0 heterocycles. The first-order valence-corrected chi connectivity index (χ1v) is 4.15. The van der Waals surface area contributed by atoms with Gasteiger partial charge in [0.05, 0.1) is 0 Å². The van der Waals surface area contributed by atoms with Crippen LogP contribution in [0.15, 0.2) is 0 Å². The lowest BCUT2D eigenvalue weighted by molar-refractivity contribution is -0.131. The highest BCUT2D eigenvalue weighted by molar-refractivity contribution is 5.76. The van der Waals surface area contributed by atoms with Crippen molar-refractivity contribution in [2.45, 2.75) is 25.8 Å². The molecule has 3 nitrogen and oxygen atoms in total. The van der Waals surface area contributed by atoms with Gasteiger partial charge in [-0.2, -0.15) is 0 Å². The Balaban J connectivity index is 4.15. The monoisotopic (exact) mass is 172 g/mol. The molecule has 0 aromatic heterocycles. The van der Waals surface area contributed by atoms with Gasteiger partial charge in [0.25, 0.3) is 0 Å². The third-order valence-electron chi connectivity index (χ3n) is 2.29. The normalized spacial score (nSPS) is 11.9. The Morgan fingerprint density at radius 1 is 1.17 bits per heavy atom. The predicted molar refractivity (Wildman–Crippen MR) is 51.1 cm³/mol. The van der Waals surface area contributed by atoms with E-state index in [1.54, 1.807) is 19.0 Å². The number of hydrogen-bond donors (Lipinski definition) is 0. The van der Waals surface area contributed by atoms with E-state index in [9.17, 15) is 4.79 Å². The second kappa shape index (κ2) is 3.90. The highest BCUT2D eigenvalue weighted by atomic mass is 16.2. The highest BCUT2D eigenvalue weighted by Crippen LogP contribution is 2.15. The van der Waals surface area contributed by atoms with E-state index in [1.165, 1.54) is 0 Å². The van der Waals surface area contributed by atoms with Gasteiger partial charge in [0, 0.05) is 26.1 Å². The summed E-state index contributed by atoms with van der Waals surface area (Å²) < 4.78 is 0. The van der Waals surface area contributed by atoms with Crippen LogP contribution in [0, 0.1) is 0 Å². The molecule has 1 amide bonds. The topological polar surface area (TPSA) is 23.6 Å². The molecule has 0 spiro atoms. The molecule has 0 aliphatic rings. The van der Waals surface area contributed by atoms with E-state index < -0.39 is 0 Å². The average molecular weight is 172 g/mol. The second-order valence-electron chi connectivity index (χ2n) is 4.17. The van der Waals surface area contributed by atoms with Gasteiger partial charge in [-0.15, -0.1) is 0 Å². The van der Waals surface area contributed by atoms with Crippen molar-refractivity contribution in [1.29, 1.82) is 0 Å². The van der Waals surface area contributed by atoms with Crippen molar-refractivity contribution in [2.75, 3.05) is 28.2 Å². The zero-order chi connectivity index (χ0) is 9.94. The van der Waals surface area contributed by atoms with Crippen LogP contribution < -0.4 is 0 Å². The molecule has 12 heavy (non-hydrogen) atoms. The molecule has 0 aromatic rings. The minimum Gasteiger partial charge on any atom is -0.349 e. The summed E-state index contributed by atoms with van der Waals surface area (Å²) in [4.78, 5) is 15.1. The van der Waals surface area contributed by atoms with Crippen LogP contribution in [0.2, 0.25) is 0 Å². The zero-order valence-electron chi connectivity index (χ0n) is 9.01. The lowest BCUT2D eigenvalue weighted by Gasteiger charge is -2.32. The lowest BCUT2D eigenvalue weighted by atomic mass is 9.99. The molecule has 0 aromatic carbocycles. The minimum atomic E-state index is -0.0542. The number of carbonyl (C=O) groups is 1. The molecule has 0 saturated heterocycles. The van der Waals surface area contributed by atoms with E-state index in [2.05, 4.69) is 18.7 Å². The van der Waals surface area contributed by atoms with Crippen molar-refractivity contribution >= 4 is 5.91 Å². The van der Waals surface area contributed by atoms with E-state index in [4.69, 9.17) is 0 Å². The fraction of sp³-hybridized carbons (Fsp3) is 0.889. The molecular formula is C9H20N2O. The first-order valence-electron chi connectivity index (χ1n) is 4.15. The Morgan fingerprint density at radius 3 is 1.83 bits per heavy atom. The van der Waals surface area contributed by atoms with E-state index in [-0.39, 0.29) is 11.4 Å². The third-order valence-corrected chi connectivity index (χ3v) is 2.29. The molecule has 3 heteroatoms. The standard InChI is InChI=1S/C9H20N2O/c1-9(2,11(5)6)7-8(12)10(3)4/h7H2,1-6H3. The van der Waals surface area contributed by atoms with Gasteiger partial charge in [0.2, 0.25) is 5.91 Å². The van der Waals surface area contributed by atoms with Gasteiger partial charge in [0.15, 0.2) is 0 Å². The molecule has 0 bridgehead atoms. The summed E-state index contributed by atoms with van der Waals surface area (Å²) in [5.41, 5.74) is -0.0542. The SMILES string of the molecule is CN(C)C(=O)CC(C)(C)N(C)C. The maximum atomic E-state index is 11.4. The summed E-state index contributed by atoms with van der Waals surface area (Å²) in [6, 6.07) is 0. The van der Waals surface area contributed by atoms with Crippen LogP contribution in [0.3, 0.4) is 0 Å². The van der Waals surface area contributed by atoms with Crippen molar-refractivity contribution in [3.63, 3.8) is 0 Å². The number of carbonyl (C=O) groups excluding carboxylic acids is 1. The first-order chi connectivity index (χ1) is 5.27. The molecule has 0 atom stereocenters. The van der Waals surface area contributed by atoms with Crippen molar-refractivity contribution < 1.29 is 4.79 Å². The van der Waals surface area contributed by atoms with Gasteiger partial charge in [-0.3, -0.25) is 4.79 Å². The number of amides is 1. The molecule has 0 radical (unpaired) electrons. The van der Waals surface area contributed by atoms with Crippen LogP contribution in [-0.4, -0.2) is 49.4 Å². The fourth-order valence-corrected chi connectivity index (χ4v) is 0.686. The number of nitrogens with zero attached hydrogens (tertiary/aromatic N) is 2. The van der Waals surface area contributed by atoms with Gasteiger partial charge in [0.1, 0.15) is 0 Å². The maximum absolute atomic E-state index is 11.4. The van der Waals surface area contributed by atoms with Gasteiger partial charge in [-0.1, -0.05) is 0 Å². The molecule has 0 aliphatic heterocycles. The number of hydrogen-bond acceptors (Lipinski definition) is 2. The van der Waals surface area contributed by atoms with Crippen LogP contribution in [0.25, 0.3) is 0 Å². The van der Waals surface area contributed by atoms with E-state index in [0.29, 0.717) is 6.42 Å². The van der Waals surface area contributed by atoms with E-state index in [1.807, 2.05) is 14.1 Å². The smallest absolute Gasteiger partial charge is 0.223 e. The van der Waals surface area contributed by atoms with Crippen LogP contribution >= 0.6 is 0 Å². The molecule has 0 rings (SSSR count). The minimum absolute atomic E-state index is 0.0542. The quantitative estimate of drug-likeness (QED) is 0.629. The van der Waals surface area contributed by atoms with Crippen LogP contribution in [0.1, 0.15) is 20.3 Å². The van der Waals surface area contributed by atoms with Gasteiger partial charge in [-0.05, 0) is 27.9 Å². The van der Waals surface area contributed by atoms with Gasteiger partial charge < -0.3 is 9.80 Å². The van der Waals surface area contributed by atoms with Crippen LogP contribution in [0.4, 0.5) is 0 Å². The Kier molecular flexibility index (Phi) is 3.71. The first kappa shape index (κ1) is 11.4. The predicted octanol–water partition coefficient (Wildman–Crippen LogP) is 0.805. The Hall–Kier alpha value is -0.570. The zero-order valence-corrected chi connectivity index (χ0v) is 9.01. The van der Waals surface area contributed by atoms with Crippen molar-refractivity contribution in [3.8, 4) is 0 Å². The summed E-state index contributed by atoms with van der Waals surface area (Å²) in [6.45, 7) is 4.13. The molecule has 0 N–H and O–H groups in total. The van der Waals surface area contributed by atoms with Gasteiger partial charge in [-0.25, -0.2) is 0 Å². The van der Waals surface area contributed by atoms with Crippen molar-refractivity contribution in [3.05, 3.63) is 0 Å². The van der Waals surface area contributed by atoms with Crippen LogP contribution in [-0.2, 0) is 4.79 Å². The molecule has 0 aliphatic carbocycles. The molecule has 0 saturated carbocycles. The highest BCUT2D eigenvalue weighted by Gasteiger charge is 2.24. The fourth-order valence-electron chi connectivity index (χ4n) is 0.686. The Morgan fingerprint density at radius 2 is 1.58 bits per heavy atom. The van der Waals surface area contributed by atoms with Gasteiger partial charge >= 0.3 is 0 Å². The summed E-state index contributed by atoms with van der Waals surface area (Å²) >= 11 is 0. The summed E-state index contributed by atoms with van der Waals surface area (Å²) in [5, 5.41) is 0. The Labute approximate surface area is 75.3 Å². The summed E-state index contributed by atoms with van der Waals surface area (Å²) in [6.07, 6.45) is 0.562. The van der Waals surface area contributed by atoms with E-state index >= 15 is 0 Å². The summed E-state index contributed by atoms with van der Waals surface area (Å²) in [7, 11) is 7.55. The van der Waals surface area contributed by atoms with E-state index in [0.717, 1.165) is 0 Å². The Bertz CT molecular complexity index is 162. The average Bonchev–Trinajstić information content (AvgIpc) is 1.85. The molecule has 72 valence electrons. The van der Waals surface area contributed by atoms with Crippen molar-refractivity contribution in [1.82, 2.24) is 9.80 Å². The third kappa shape index (κ3) is 3.22. The maximum Gasteiger partial charge on any atom is 0.223 e. The molecule has 0 fully saturated rings. The molecule has 0 unspecified atom stereocenters. The molecular weight excluding hydrogens is 152 g/mol. The number of rotatable bonds is 3. The summed E-state index contributed by atoms with van der Waals surface area (Å²) in [5.74, 6) is 0.175. The van der Waals surface area contributed by atoms with Crippen LogP contribution in [0.5, 0.6) is 0 Å².